The number of amides is 4. The summed E-state index contributed by atoms with van der Waals surface area (Å²) in [7, 11) is -2.78. The number of pyridine rings is 1. The molecule has 2 aromatic carbocycles. The normalized spacial score (nSPS) is 14.6. The molecule has 1 fully saturated rings. The zero-order chi connectivity index (χ0) is 39.6. The Morgan fingerprint density at radius 2 is 1.70 bits per heavy atom. The molecule has 0 radical (unpaired) electrons. The van der Waals surface area contributed by atoms with Gasteiger partial charge in [-0.2, -0.15) is 0 Å². The number of imide groups is 1. The number of carbonyl (C=O) groups excluding carboxylic acids is 4. The third-order valence-corrected chi connectivity index (χ3v) is 9.72. The van der Waals surface area contributed by atoms with Gasteiger partial charge in [0.15, 0.2) is 0 Å². The molecule has 0 bridgehead atoms. The fourth-order valence-corrected chi connectivity index (χ4v) is 6.68. The van der Waals surface area contributed by atoms with Crippen molar-refractivity contribution in [3.63, 3.8) is 0 Å². The Bertz CT molecular complexity index is 1930. The maximum absolute atomic E-state index is 13.4. The zero-order valence-corrected chi connectivity index (χ0v) is 31.7. The molecule has 3 atom stereocenters. The van der Waals surface area contributed by atoms with Crippen molar-refractivity contribution in [1.29, 1.82) is 0 Å². The van der Waals surface area contributed by atoms with Gasteiger partial charge in [-0.25, -0.2) is 19.8 Å². The third kappa shape index (κ3) is 12.3. The number of halogens is 1. The van der Waals surface area contributed by atoms with E-state index in [2.05, 4.69) is 31.1 Å². The molecule has 0 aliphatic heterocycles. The van der Waals surface area contributed by atoms with Gasteiger partial charge >= 0.3 is 31.7 Å². The molecule has 0 spiro atoms. The van der Waals surface area contributed by atoms with E-state index in [4.69, 9.17) is 35.1 Å². The molecule has 1 aromatic heterocycles. The van der Waals surface area contributed by atoms with Gasteiger partial charge in [0, 0.05) is 36.2 Å². The number of rotatable bonds is 18. The van der Waals surface area contributed by atoms with Crippen LogP contribution in [0.2, 0.25) is 5.02 Å². The molecule has 3 aromatic rings. The number of nitrogens with one attached hydrogen (secondary N) is 5. The fraction of sp³-hybridized carbons (Fsp3) is 0.412. The Kier molecular flexibility index (Phi) is 14.6. The van der Waals surface area contributed by atoms with E-state index in [1.54, 1.807) is 32.0 Å². The number of carboxylic acids is 1. The van der Waals surface area contributed by atoms with Gasteiger partial charge in [0.25, 0.3) is 5.91 Å². The molecule has 4 amide bonds. The Morgan fingerprint density at radius 1 is 0.981 bits per heavy atom. The summed E-state index contributed by atoms with van der Waals surface area (Å²) in [5, 5.41) is 22.3. The molecule has 20 heteroatoms. The number of carbonyl (C=O) groups is 5. The number of nitrogens with zero attached hydrogens (tertiary/aromatic N) is 1. The molecule has 292 valence electrons. The minimum absolute atomic E-state index is 0.0262. The van der Waals surface area contributed by atoms with E-state index in [9.17, 15) is 33.6 Å². The highest BCUT2D eigenvalue weighted by Gasteiger charge is 2.33. The average Bonchev–Trinajstić information content (AvgIpc) is 3.92. The molecule has 6 N–H and O–H groups in total. The van der Waals surface area contributed by atoms with Gasteiger partial charge in [-0.1, -0.05) is 11.6 Å². The fourth-order valence-electron chi connectivity index (χ4n) is 4.62. The van der Waals surface area contributed by atoms with Crippen molar-refractivity contribution in [3.8, 4) is 17.2 Å². The van der Waals surface area contributed by atoms with Crippen molar-refractivity contribution in [3.05, 3.63) is 53.2 Å². The van der Waals surface area contributed by atoms with E-state index in [1.165, 1.54) is 45.4 Å². The number of ether oxygens (including phenoxy) is 4. The number of urea groups is 1. The topological polar surface area (TPSA) is 242 Å². The predicted octanol–water partition coefficient (Wildman–Crippen LogP) is 5.35. The minimum atomic E-state index is -4.12. The molecule has 1 aliphatic carbocycles. The summed E-state index contributed by atoms with van der Waals surface area (Å²) < 4.78 is 40.4. The quantitative estimate of drug-likeness (QED) is 0.0541. The number of benzene rings is 2. The number of alkyl carbamates (subject to hydrolysis) is 1. The number of fused-ring (bicyclic) bond motifs is 1. The van der Waals surface area contributed by atoms with Crippen LogP contribution in [-0.2, 0) is 28.2 Å². The number of esters is 1. The lowest BCUT2D eigenvalue weighted by Gasteiger charge is -2.25. The maximum Gasteiger partial charge on any atom is 0.414 e. The van der Waals surface area contributed by atoms with E-state index in [1.807, 2.05) is 0 Å². The van der Waals surface area contributed by atoms with E-state index >= 15 is 0 Å². The summed E-state index contributed by atoms with van der Waals surface area (Å²) in [5.74, 6) is -2.18. The molecule has 4 rings (SSSR count). The Balaban J connectivity index is 1.36. The third-order valence-electron chi connectivity index (χ3n) is 7.41. The van der Waals surface area contributed by atoms with Crippen molar-refractivity contribution in [2.45, 2.75) is 71.2 Å². The number of aromatic nitrogens is 1. The first kappa shape index (κ1) is 41.8. The molecule has 18 nitrogen and oxygen atoms in total. The molecule has 0 saturated heterocycles. The standard InChI is InChI=1S/C34H42ClN6O12P/c1-18(2)52-32(45)20(4)41-54(48,40-19(3)31(43)44)51-14-6-13-50-34(47)39-30(42)24-16-23-27(17-29(24)49-5)36-12-11-28(23)53-22-9-10-26(25(35)15-22)38-33(46)37-21-7-8-21/h9-12,15-21H,6-8,13-14H2,1-5H3,(H,43,44)(H2,37,38,46)(H,39,42,47)(H2,40,41,48). The van der Waals surface area contributed by atoms with Crippen LogP contribution in [0.1, 0.15) is 57.3 Å². The molecular weight excluding hydrogens is 751 g/mol. The number of methoxy groups -OCH3 is 1. The van der Waals surface area contributed by atoms with Gasteiger partial charge < -0.3 is 39.2 Å². The number of hydrogen-bond donors (Lipinski definition) is 6. The van der Waals surface area contributed by atoms with Gasteiger partial charge in [-0.05, 0) is 64.8 Å². The first-order valence-electron chi connectivity index (χ1n) is 16.8. The van der Waals surface area contributed by atoms with E-state index < -0.39 is 49.8 Å². The Hall–Kier alpha value is -5.00. The van der Waals surface area contributed by atoms with Crippen LogP contribution < -0.4 is 35.6 Å². The number of aliphatic carboxylic acids is 1. The summed E-state index contributed by atoms with van der Waals surface area (Å²) in [5.41, 5.74) is 0.757. The van der Waals surface area contributed by atoms with Crippen molar-refractivity contribution in [2.75, 3.05) is 25.6 Å². The van der Waals surface area contributed by atoms with Crippen LogP contribution in [0.3, 0.4) is 0 Å². The number of carboxylic acid groups (broad SMARTS) is 1. The molecule has 3 unspecified atom stereocenters. The highest BCUT2D eigenvalue weighted by atomic mass is 35.5. The van der Waals surface area contributed by atoms with Crippen molar-refractivity contribution in [1.82, 2.24) is 25.8 Å². The minimum Gasteiger partial charge on any atom is -0.496 e. The van der Waals surface area contributed by atoms with Crippen LogP contribution in [0.25, 0.3) is 10.9 Å². The highest BCUT2D eigenvalue weighted by molar-refractivity contribution is 7.54. The summed E-state index contributed by atoms with van der Waals surface area (Å²) >= 11 is 6.40. The van der Waals surface area contributed by atoms with Gasteiger partial charge in [0.05, 0.1) is 48.2 Å². The number of anilines is 1. The second kappa shape index (κ2) is 18.9. The van der Waals surface area contributed by atoms with Gasteiger partial charge in [-0.15, -0.1) is 0 Å². The van der Waals surface area contributed by atoms with Crippen molar-refractivity contribution >= 4 is 65.8 Å². The molecule has 1 heterocycles. The first-order chi connectivity index (χ1) is 25.6. The van der Waals surface area contributed by atoms with Crippen LogP contribution in [0.15, 0.2) is 42.6 Å². The molecule has 1 aliphatic rings. The number of hydrogen-bond acceptors (Lipinski definition) is 12. The average molecular weight is 793 g/mol. The van der Waals surface area contributed by atoms with Gasteiger partial charge in [0.1, 0.15) is 29.3 Å². The summed E-state index contributed by atoms with van der Waals surface area (Å²) in [6.07, 6.45) is 1.79. The maximum atomic E-state index is 13.4. The first-order valence-corrected chi connectivity index (χ1v) is 18.8. The predicted molar refractivity (Wildman–Crippen MR) is 196 cm³/mol. The second-order valence-electron chi connectivity index (χ2n) is 12.3. The van der Waals surface area contributed by atoms with Crippen molar-refractivity contribution < 1.29 is 57.1 Å². The highest BCUT2D eigenvalue weighted by Crippen LogP contribution is 2.39. The Labute approximate surface area is 315 Å². The Morgan fingerprint density at radius 3 is 2.35 bits per heavy atom. The van der Waals surface area contributed by atoms with Crippen LogP contribution in [0, 0.1) is 0 Å². The van der Waals surface area contributed by atoms with Gasteiger partial charge in [-0.3, -0.25) is 29.2 Å². The monoisotopic (exact) mass is 792 g/mol. The van der Waals surface area contributed by atoms with E-state index in [-0.39, 0.29) is 48.0 Å². The molecule has 54 heavy (non-hydrogen) atoms. The van der Waals surface area contributed by atoms with Crippen molar-refractivity contribution in [2.24, 2.45) is 0 Å². The summed E-state index contributed by atoms with van der Waals surface area (Å²) in [6, 6.07) is 6.59. The largest absolute Gasteiger partial charge is 0.496 e. The molecule has 1 saturated carbocycles. The second-order valence-corrected chi connectivity index (χ2v) is 14.6. The SMILES string of the molecule is COc1cc2nccc(Oc3ccc(NC(=O)NC4CC4)c(Cl)c3)c2cc1C(=O)NC(=O)OCCCOP(=O)(NC(C)C(=O)O)NC(C)C(=O)OC(C)C. The lowest BCUT2D eigenvalue weighted by Crippen LogP contribution is -2.42. The van der Waals surface area contributed by atoms with E-state index in [0.717, 1.165) is 12.8 Å². The van der Waals surface area contributed by atoms with Crippen LogP contribution in [0.5, 0.6) is 17.2 Å². The van der Waals surface area contributed by atoms with Gasteiger partial charge in [0.2, 0.25) is 0 Å². The molecular formula is C34H42ClN6O12P. The summed E-state index contributed by atoms with van der Waals surface area (Å²) in [6.45, 7) is 5.29. The zero-order valence-electron chi connectivity index (χ0n) is 30.1. The van der Waals surface area contributed by atoms with E-state index in [0.29, 0.717) is 28.1 Å². The summed E-state index contributed by atoms with van der Waals surface area (Å²) in [4.78, 5) is 65.8. The van der Waals surface area contributed by atoms with Crippen LogP contribution in [-0.4, -0.2) is 84.6 Å². The smallest absolute Gasteiger partial charge is 0.414 e. The van der Waals surface area contributed by atoms with Crippen LogP contribution >= 0.6 is 19.3 Å². The lowest BCUT2D eigenvalue weighted by atomic mass is 10.1. The lowest BCUT2D eigenvalue weighted by molar-refractivity contribution is -0.149. The van der Waals surface area contributed by atoms with Crippen LogP contribution in [0.4, 0.5) is 15.3 Å².